The lowest BCUT2D eigenvalue weighted by Crippen LogP contribution is -2.46. The maximum Gasteiger partial charge on any atom is 0.226 e. The van der Waals surface area contributed by atoms with Gasteiger partial charge in [0.25, 0.3) is 0 Å². The molecule has 0 unspecified atom stereocenters. The van der Waals surface area contributed by atoms with Gasteiger partial charge in [-0.3, -0.25) is 14.9 Å². The lowest BCUT2D eigenvalue weighted by Gasteiger charge is -2.36. The average Bonchev–Trinajstić information content (AvgIpc) is 3.31. The van der Waals surface area contributed by atoms with Crippen molar-refractivity contribution in [3.63, 3.8) is 0 Å². The van der Waals surface area contributed by atoms with Gasteiger partial charge < -0.3 is 9.42 Å². The second kappa shape index (κ2) is 10.1. The summed E-state index contributed by atoms with van der Waals surface area (Å²) in [6.45, 7) is 6.81. The molecule has 0 bridgehead atoms. The van der Waals surface area contributed by atoms with E-state index >= 15 is 0 Å². The van der Waals surface area contributed by atoms with Crippen molar-refractivity contribution < 1.29 is 4.52 Å². The minimum atomic E-state index is 0.747. The predicted molar refractivity (Wildman–Crippen MR) is 130 cm³/mol. The van der Waals surface area contributed by atoms with Gasteiger partial charge in [-0.2, -0.15) is 4.98 Å². The van der Waals surface area contributed by atoms with Crippen molar-refractivity contribution in [2.24, 2.45) is 0 Å². The number of hydrogen-bond donors (Lipinski definition) is 0. The van der Waals surface area contributed by atoms with E-state index in [1.807, 2.05) is 18.5 Å². The van der Waals surface area contributed by atoms with Gasteiger partial charge in [0.2, 0.25) is 5.89 Å². The molecule has 3 aromatic heterocycles. The van der Waals surface area contributed by atoms with Crippen LogP contribution in [0, 0.1) is 0 Å². The predicted octanol–water partition coefficient (Wildman–Crippen LogP) is 4.73. The lowest BCUT2D eigenvalue weighted by atomic mass is 10.0. The molecule has 170 valence electrons. The normalized spacial score (nSPS) is 14.8. The van der Waals surface area contributed by atoms with Gasteiger partial charge in [-0.05, 0) is 30.2 Å². The Kier molecular flexibility index (Phi) is 6.58. The molecule has 1 aliphatic rings. The molecule has 0 aliphatic carbocycles. The summed E-state index contributed by atoms with van der Waals surface area (Å²) in [7, 11) is 0. The molecule has 1 fully saturated rings. The highest BCUT2D eigenvalue weighted by atomic mass is 16.5. The molecule has 1 saturated heterocycles. The van der Waals surface area contributed by atoms with Crippen LogP contribution in [-0.4, -0.2) is 51.2 Å². The van der Waals surface area contributed by atoms with Crippen LogP contribution in [0.15, 0.2) is 59.5 Å². The summed E-state index contributed by atoms with van der Waals surface area (Å²) in [5, 5.41) is 5.37. The van der Waals surface area contributed by atoms with Crippen LogP contribution in [0.4, 0.5) is 5.69 Å². The number of benzene rings is 1. The van der Waals surface area contributed by atoms with Gasteiger partial charge in [0, 0.05) is 67.8 Å². The van der Waals surface area contributed by atoms with Crippen molar-refractivity contribution in [2.45, 2.75) is 39.2 Å². The minimum Gasteiger partial charge on any atom is -0.368 e. The van der Waals surface area contributed by atoms with Gasteiger partial charge in [-0.25, -0.2) is 0 Å². The van der Waals surface area contributed by atoms with Gasteiger partial charge in [-0.15, -0.1) is 0 Å². The van der Waals surface area contributed by atoms with E-state index in [9.17, 15) is 0 Å². The Morgan fingerprint density at radius 2 is 1.88 bits per heavy atom. The zero-order valence-corrected chi connectivity index (χ0v) is 19.2. The molecule has 7 heteroatoms. The van der Waals surface area contributed by atoms with Crippen LogP contribution in [0.25, 0.3) is 22.0 Å². The Hall–Kier alpha value is -3.32. The number of piperazine rings is 1. The summed E-state index contributed by atoms with van der Waals surface area (Å²) in [6.07, 6.45) is 9.99. The van der Waals surface area contributed by atoms with Gasteiger partial charge in [0.15, 0.2) is 5.82 Å². The first kappa shape index (κ1) is 21.5. The number of aromatic nitrogens is 4. The summed E-state index contributed by atoms with van der Waals surface area (Å²) >= 11 is 0. The van der Waals surface area contributed by atoms with Crippen LogP contribution in [-0.2, 0) is 13.0 Å². The molecule has 33 heavy (non-hydrogen) atoms. The minimum absolute atomic E-state index is 0.747. The fourth-order valence-electron chi connectivity index (χ4n) is 4.45. The molecular formula is C26H30N6O. The van der Waals surface area contributed by atoms with Crippen LogP contribution in [0.1, 0.15) is 37.9 Å². The Bertz CT molecular complexity index is 1180. The largest absolute Gasteiger partial charge is 0.368 e. The number of hydrogen-bond acceptors (Lipinski definition) is 7. The Labute approximate surface area is 194 Å². The molecular weight excluding hydrogens is 412 g/mol. The molecule has 0 N–H and O–H groups in total. The van der Waals surface area contributed by atoms with Gasteiger partial charge >= 0.3 is 0 Å². The maximum absolute atomic E-state index is 5.42. The lowest BCUT2D eigenvalue weighted by molar-refractivity contribution is 0.240. The number of rotatable bonds is 8. The zero-order chi connectivity index (χ0) is 22.5. The van der Waals surface area contributed by atoms with Crippen molar-refractivity contribution in [3.05, 3.63) is 66.7 Å². The van der Waals surface area contributed by atoms with Gasteiger partial charge in [0.1, 0.15) is 0 Å². The van der Waals surface area contributed by atoms with Crippen LogP contribution in [0.5, 0.6) is 0 Å². The van der Waals surface area contributed by atoms with Crippen LogP contribution in [0.3, 0.4) is 0 Å². The van der Waals surface area contributed by atoms with E-state index in [0.29, 0.717) is 0 Å². The van der Waals surface area contributed by atoms with Crippen LogP contribution in [0.2, 0.25) is 0 Å². The quantitative estimate of drug-likeness (QED) is 0.365. The molecule has 4 heterocycles. The molecule has 4 aromatic rings. The van der Waals surface area contributed by atoms with E-state index in [4.69, 9.17) is 4.52 Å². The molecule has 7 nitrogen and oxygen atoms in total. The highest BCUT2D eigenvalue weighted by molar-refractivity contribution is 5.94. The molecule has 1 aliphatic heterocycles. The van der Waals surface area contributed by atoms with Crippen LogP contribution >= 0.6 is 0 Å². The standard InChI is InChI=1S/C26H30N6O/c1-2-3-4-7-26-29-25(30-33-26)19-31-13-15-32(16-14-31)24-10-12-28-23-17-20(8-9-22(23)24)21-6-5-11-27-18-21/h5-6,8-12,17-18H,2-4,7,13-16,19H2,1H3. The van der Waals surface area contributed by atoms with Crippen molar-refractivity contribution in [1.29, 1.82) is 0 Å². The number of fused-ring (bicyclic) bond motifs is 1. The second-order valence-corrected chi connectivity index (χ2v) is 8.63. The monoisotopic (exact) mass is 442 g/mol. The Morgan fingerprint density at radius 1 is 0.970 bits per heavy atom. The van der Waals surface area contributed by atoms with E-state index in [2.05, 4.69) is 67.2 Å². The van der Waals surface area contributed by atoms with Gasteiger partial charge in [-0.1, -0.05) is 43.1 Å². The third-order valence-electron chi connectivity index (χ3n) is 6.30. The van der Waals surface area contributed by atoms with Crippen molar-refractivity contribution in [1.82, 2.24) is 25.0 Å². The highest BCUT2D eigenvalue weighted by Gasteiger charge is 2.21. The van der Waals surface area contributed by atoms with Crippen molar-refractivity contribution in [3.8, 4) is 11.1 Å². The van der Waals surface area contributed by atoms with E-state index in [-0.39, 0.29) is 0 Å². The molecule has 0 amide bonds. The summed E-state index contributed by atoms with van der Waals surface area (Å²) in [5.41, 5.74) is 4.50. The average molecular weight is 443 g/mol. The SMILES string of the molecule is CCCCCc1nc(CN2CCN(c3ccnc4cc(-c5cccnc5)ccc34)CC2)no1. The summed E-state index contributed by atoms with van der Waals surface area (Å²) in [4.78, 5) is 18.3. The first-order chi connectivity index (χ1) is 16.3. The topological polar surface area (TPSA) is 71.2 Å². The molecule has 0 atom stereocenters. The Morgan fingerprint density at radius 3 is 2.70 bits per heavy atom. The van der Waals surface area contributed by atoms with Gasteiger partial charge in [0.05, 0.1) is 12.1 Å². The number of aryl methyl sites for hydroxylation is 1. The Balaban J connectivity index is 1.23. The van der Waals surface area contributed by atoms with E-state index < -0.39 is 0 Å². The molecule has 1 aromatic carbocycles. The van der Waals surface area contributed by atoms with E-state index in [1.165, 1.54) is 23.9 Å². The fourth-order valence-corrected chi connectivity index (χ4v) is 4.45. The summed E-state index contributed by atoms with van der Waals surface area (Å²) in [5.74, 6) is 1.57. The maximum atomic E-state index is 5.42. The van der Waals surface area contributed by atoms with Crippen LogP contribution < -0.4 is 4.90 Å². The smallest absolute Gasteiger partial charge is 0.226 e. The van der Waals surface area contributed by atoms with E-state index in [0.717, 1.165) is 73.9 Å². The number of pyridine rings is 2. The summed E-state index contributed by atoms with van der Waals surface area (Å²) < 4.78 is 5.42. The third-order valence-corrected chi connectivity index (χ3v) is 6.30. The number of anilines is 1. The highest BCUT2D eigenvalue weighted by Crippen LogP contribution is 2.30. The molecule has 0 radical (unpaired) electrons. The second-order valence-electron chi connectivity index (χ2n) is 8.63. The first-order valence-electron chi connectivity index (χ1n) is 11.9. The zero-order valence-electron chi connectivity index (χ0n) is 19.2. The molecule has 0 saturated carbocycles. The third kappa shape index (κ3) is 5.03. The number of nitrogens with zero attached hydrogens (tertiary/aromatic N) is 6. The number of unbranched alkanes of at least 4 members (excludes halogenated alkanes) is 2. The van der Waals surface area contributed by atoms with Crippen molar-refractivity contribution in [2.75, 3.05) is 31.1 Å². The fraction of sp³-hybridized carbons (Fsp3) is 0.385. The molecule has 0 spiro atoms. The van der Waals surface area contributed by atoms with Crippen molar-refractivity contribution >= 4 is 16.6 Å². The molecule has 5 rings (SSSR count). The first-order valence-corrected chi connectivity index (χ1v) is 11.9. The van der Waals surface area contributed by atoms with E-state index in [1.54, 1.807) is 6.20 Å². The summed E-state index contributed by atoms with van der Waals surface area (Å²) in [6, 6.07) is 12.7.